The van der Waals surface area contributed by atoms with Gasteiger partial charge in [-0.3, -0.25) is 4.79 Å². The normalized spacial score (nSPS) is 25.0. The Balaban J connectivity index is 0.00000147. The van der Waals surface area contributed by atoms with Crippen LogP contribution >= 0.6 is 35.0 Å². The van der Waals surface area contributed by atoms with Gasteiger partial charge in [-0.25, -0.2) is 0 Å². The number of fused-ring (bicyclic) bond motifs is 2. The maximum atomic E-state index is 12.9. The first-order valence-corrected chi connectivity index (χ1v) is 8.05. The van der Waals surface area contributed by atoms with Gasteiger partial charge in [-0.15, -0.1) is 12.4 Å². The van der Waals surface area contributed by atoms with Crippen LogP contribution in [-0.2, 0) is 0 Å². The van der Waals surface area contributed by atoms with Gasteiger partial charge in [0.25, 0.3) is 5.91 Å². The Hall–Kier alpha value is -0.330. The van der Waals surface area contributed by atoms with Crippen LogP contribution < -0.4 is 5.32 Å². The molecule has 2 fully saturated rings. The smallest absolute Gasteiger partial charge is 0.254 e. The van der Waals surface area contributed by atoms with Crippen molar-refractivity contribution in [2.24, 2.45) is 0 Å². The predicted molar refractivity (Wildman–Crippen MR) is 91.6 cm³/mol. The maximum absolute atomic E-state index is 12.9. The van der Waals surface area contributed by atoms with E-state index in [0.717, 1.165) is 37.1 Å². The molecule has 0 saturated carbocycles. The van der Waals surface area contributed by atoms with Gasteiger partial charge in [0, 0.05) is 27.8 Å². The van der Waals surface area contributed by atoms with Gasteiger partial charge in [0.1, 0.15) is 0 Å². The Bertz CT molecular complexity index is 495. The number of nitrogens with one attached hydrogen (secondary N) is 1. The molecule has 5 heteroatoms. The van der Waals surface area contributed by atoms with Gasteiger partial charge >= 0.3 is 0 Å². The highest BCUT2D eigenvalue weighted by Gasteiger charge is 2.38. The highest BCUT2D eigenvalue weighted by atomic mass is 127. The zero-order chi connectivity index (χ0) is 13.4. The molecule has 2 atom stereocenters. The van der Waals surface area contributed by atoms with Crippen molar-refractivity contribution in [1.82, 2.24) is 10.2 Å². The number of hydrogen-bond acceptors (Lipinski definition) is 2. The van der Waals surface area contributed by atoms with E-state index in [9.17, 15) is 4.79 Å². The van der Waals surface area contributed by atoms with Gasteiger partial charge in [0.05, 0.1) is 0 Å². The molecule has 1 amide bonds. The third-order valence-corrected chi connectivity index (χ3v) is 5.56. The second-order valence-electron chi connectivity index (χ2n) is 5.50. The lowest BCUT2D eigenvalue weighted by Gasteiger charge is -2.28. The summed E-state index contributed by atoms with van der Waals surface area (Å²) in [5, 5.41) is 3.45. The third kappa shape index (κ3) is 2.83. The molecular weight excluding hydrogens is 387 g/mol. The van der Waals surface area contributed by atoms with Crippen LogP contribution in [0.5, 0.6) is 0 Å². The van der Waals surface area contributed by atoms with E-state index in [0.29, 0.717) is 12.1 Å². The quantitative estimate of drug-likeness (QED) is 0.727. The molecule has 0 spiro atoms. The van der Waals surface area contributed by atoms with Crippen molar-refractivity contribution in [3.63, 3.8) is 0 Å². The number of rotatable bonds is 1. The van der Waals surface area contributed by atoms with E-state index in [-0.39, 0.29) is 18.3 Å². The van der Waals surface area contributed by atoms with Crippen molar-refractivity contribution in [3.05, 3.63) is 32.9 Å². The highest BCUT2D eigenvalue weighted by molar-refractivity contribution is 14.1. The molecule has 3 rings (SSSR count). The highest BCUT2D eigenvalue weighted by Crippen LogP contribution is 2.30. The number of amides is 1. The molecule has 2 heterocycles. The summed E-state index contributed by atoms with van der Waals surface area (Å²) >= 11 is 2.30. The van der Waals surface area contributed by atoms with Crippen LogP contribution in [0.4, 0.5) is 0 Å². The average molecular weight is 407 g/mol. The second kappa shape index (κ2) is 6.62. The van der Waals surface area contributed by atoms with Gasteiger partial charge in [-0.1, -0.05) is 6.07 Å². The van der Waals surface area contributed by atoms with Crippen LogP contribution in [0.1, 0.15) is 35.2 Å². The monoisotopic (exact) mass is 406 g/mol. The lowest BCUT2D eigenvalue weighted by atomic mass is 10.1. The molecule has 2 bridgehead atoms. The van der Waals surface area contributed by atoms with E-state index in [1.54, 1.807) is 0 Å². The molecule has 0 aromatic heterocycles. The zero-order valence-corrected chi connectivity index (χ0v) is 14.5. The minimum Gasteiger partial charge on any atom is -0.331 e. The Kier molecular flexibility index (Phi) is 5.31. The Labute approximate surface area is 140 Å². The van der Waals surface area contributed by atoms with Gasteiger partial charge in [0.2, 0.25) is 0 Å². The zero-order valence-electron chi connectivity index (χ0n) is 11.6. The van der Waals surface area contributed by atoms with Gasteiger partial charge in [-0.2, -0.15) is 0 Å². The summed E-state index contributed by atoms with van der Waals surface area (Å²) in [6.45, 7) is 4.04. The molecule has 0 radical (unpaired) electrons. The SMILES string of the molecule is Cc1c(I)cccc1C(=O)N1C2CCNCC1CC2.Cl. The van der Waals surface area contributed by atoms with Crippen molar-refractivity contribution in [3.8, 4) is 0 Å². The Morgan fingerprint density at radius 3 is 2.85 bits per heavy atom. The molecule has 0 aliphatic carbocycles. The van der Waals surface area contributed by atoms with Crippen LogP contribution in [0, 0.1) is 10.5 Å². The second-order valence-corrected chi connectivity index (χ2v) is 6.66. The lowest BCUT2D eigenvalue weighted by molar-refractivity contribution is 0.0679. The predicted octanol–water partition coefficient (Wildman–Crippen LogP) is 2.99. The molecule has 2 saturated heterocycles. The third-order valence-electron chi connectivity index (χ3n) is 4.39. The number of hydrogen-bond donors (Lipinski definition) is 1. The molecule has 20 heavy (non-hydrogen) atoms. The molecule has 2 aliphatic heterocycles. The molecular formula is C15H20ClIN2O. The molecule has 2 aliphatic rings. The summed E-state index contributed by atoms with van der Waals surface area (Å²) in [6, 6.07) is 6.84. The molecule has 1 aromatic carbocycles. The fourth-order valence-electron chi connectivity index (χ4n) is 3.29. The number of halogens is 2. The first-order valence-electron chi connectivity index (χ1n) is 6.97. The topological polar surface area (TPSA) is 32.3 Å². The number of nitrogens with zero attached hydrogens (tertiary/aromatic N) is 1. The maximum Gasteiger partial charge on any atom is 0.254 e. The molecule has 2 unspecified atom stereocenters. The molecule has 110 valence electrons. The summed E-state index contributed by atoms with van der Waals surface area (Å²) in [5.41, 5.74) is 2.00. The van der Waals surface area contributed by atoms with E-state index in [1.165, 1.54) is 9.99 Å². The molecule has 3 nitrogen and oxygen atoms in total. The minimum absolute atomic E-state index is 0. The summed E-state index contributed by atoms with van der Waals surface area (Å²) in [4.78, 5) is 15.0. The van der Waals surface area contributed by atoms with Crippen LogP contribution in [0.15, 0.2) is 18.2 Å². The minimum atomic E-state index is 0. The summed E-state index contributed by atoms with van der Waals surface area (Å²) < 4.78 is 1.17. The average Bonchev–Trinajstić information content (AvgIpc) is 2.65. The first kappa shape index (κ1) is 16.0. The molecule has 1 aromatic rings. The first-order chi connectivity index (χ1) is 9.18. The van der Waals surface area contributed by atoms with Crippen LogP contribution in [0.2, 0.25) is 0 Å². The largest absolute Gasteiger partial charge is 0.331 e. The van der Waals surface area contributed by atoms with E-state index in [4.69, 9.17) is 0 Å². The van der Waals surface area contributed by atoms with Crippen LogP contribution in [0.3, 0.4) is 0 Å². The van der Waals surface area contributed by atoms with Crippen molar-refractivity contribution < 1.29 is 4.79 Å². The van der Waals surface area contributed by atoms with Crippen molar-refractivity contribution in [2.45, 2.75) is 38.3 Å². The summed E-state index contributed by atoms with van der Waals surface area (Å²) in [7, 11) is 0. The van der Waals surface area contributed by atoms with Crippen LogP contribution in [-0.4, -0.2) is 36.0 Å². The van der Waals surface area contributed by atoms with Gasteiger partial charge in [0.15, 0.2) is 0 Å². The van der Waals surface area contributed by atoms with Gasteiger partial charge < -0.3 is 10.2 Å². The summed E-state index contributed by atoms with van der Waals surface area (Å²) in [6.07, 6.45) is 3.40. The van der Waals surface area contributed by atoms with Gasteiger partial charge in [-0.05, 0) is 73.0 Å². The van der Waals surface area contributed by atoms with E-state index < -0.39 is 0 Å². The number of carbonyl (C=O) groups excluding carboxylic acids is 1. The Morgan fingerprint density at radius 1 is 1.30 bits per heavy atom. The fourth-order valence-corrected chi connectivity index (χ4v) is 3.79. The fraction of sp³-hybridized carbons (Fsp3) is 0.533. The summed E-state index contributed by atoms with van der Waals surface area (Å²) in [5.74, 6) is 0.229. The van der Waals surface area contributed by atoms with E-state index in [1.807, 2.05) is 19.1 Å². The van der Waals surface area contributed by atoms with Crippen molar-refractivity contribution >= 4 is 40.9 Å². The molecule has 1 N–H and O–H groups in total. The standard InChI is InChI=1S/C15H19IN2O.ClH/c1-10-13(3-2-4-14(10)16)15(19)18-11-5-6-12(18)9-17-8-7-11;/h2-4,11-12,17H,5-9H2,1H3;1H. The van der Waals surface area contributed by atoms with Crippen molar-refractivity contribution in [2.75, 3.05) is 13.1 Å². The van der Waals surface area contributed by atoms with E-state index in [2.05, 4.69) is 38.9 Å². The lowest BCUT2D eigenvalue weighted by Crippen LogP contribution is -2.42. The van der Waals surface area contributed by atoms with Crippen LogP contribution in [0.25, 0.3) is 0 Å². The van der Waals surface area contributed by atoms with E-state index >= 15 is 0 Å². The number of benzene rings is 1. The van der Waals surface area contributed by atoms with Crippen molar-refractivity contribution in [1.29, 1.82) is 0 Å². The Morgan fingerprint density at radius 2 is 2.05 bits per heavy atom. The number of carbonyl (C=O) groups is 1.